The summed E-state index contributed by atoms with van der Waals surface area (Å²) in [5, 5.41) is 3.33. The molecule has 0 aromatic rings. The number of hydrogen-bond donors (Lipinski definition) is 2. The Balaban J connectivity index is 0.00000324. The van der Waals surface area contributed by atoms with E-state index in [1.807, 2.05) is 11.8 Å². The van der Waals surface area contributed by atoms with Crippen molar-refractivity contribution < 1.29 is 9.59 Å². The molecule has 1 aliphatic heterocycles. The second-order valence-electron chi connectivity index (χ2n) is 4.57. The fourth-order valence-electron chi connectivity index (χ4n) is 1.92. The van der Waals surface area contributed by atoms with Gasteiger partial charge in [-0.2, -0.15) is 11.8 Å². The quantitative estimate of drug-likeness (QED) is 0.723. The van der Waals surface area contributed by atoms with Crippen LogP contribution in [0.1, 0.15) is 26.2 Å². The molecule has 0 saturated carbocycles. The Morgan fingerprint density at radius 2 is 2.21 bits per heavy atom. The van der Waals surface area contributed by atoms with Crippen molar-refractivity contribution >= 4 is 36.0 Å². The van der Waals surface area contributed by atoms with E-state index in [1.165, 1.54) is 0 Å². The van der Waals surface area contributed by atoms with E-state index in [4.69, 9.17) is 5.73 Å². The number of nitrogens with one attached hydrogen (secondary N) is 1. The molecule has 1 fully saturated rings. The van der Waals surface area contributed by atoms with E-state index in [0.29, 0.717) is 13.0 Å². The number of rotatable bonds is 7. The largest absolute Gasteiger partial charge is 0.368 e. The van der Waals surface area contributed by atoms with E-state index in [-0.39, 0.29) is 30.9 Å². The smallest absolute Gasteiger partial charge is 0.237 e. The minimum atomic E-state index is -0.439. The van der Waals surface area contributed by atoms with Crippen molar-refractivity contribution in [3.8, 4) is 0 Å². The summed E-state index contributed by atoms with van der Waals surface area (Å²) in [5.41, 5.74) is 5.18. The third kappa shape index (κ3) is 7.64. The number of unbranched alkanes of at least 4 members (excludes halogenated alkanes) is 1. The van der Waals surface area contributed by atoms with Crippen molar-refractivity contribution in [2.24, 2.45) is 5.73 Å². The Morgan fingerprint density at radius 1 is 1.47 bits per heavy atom. The van der Waals surface area contributed by atoms with Crippen LogP contribution in [-0.4, -0.2) is 53.9 Å². The number of hydrogen-bond acceptors (Lipinski definition) is 4. The molecule has 1 rings (SSSR count). The number of amides is 2. The van der Waals surface area contributed by atoms with E-state index in [1.54, 1.807) is 4.90 Å². The fraction of sp³-hybridized carbons (Fsp3) is 0.833. The number of carbonyl (C=O) groups is 2. The first-order chi connectivity index (χ1) is 8.63. The van der Waals surface area contributed by atoms with Gasteiger partial charge in [0.2, 0.25) is 11.8 Å². The van der Waals surface area contributed by atoms with Crippen LogP contribution in [0.15, 0.2) is 0 Å². The summed E-state index contributed by atoms with van der Waals surface area (Å²) in [7, 11) is 0. The average Bonchev–Trinajstić information content (AvgIpc) is 2.35. The predicted octanol–water partition coefficient (Wildman–Crippen LogP) is 0.617. The number of halogens is 1. The van der Waals surface area contributed by atoms with Crippen molar-refractivity contribution in [1.29, 1.82) is 0 Å². The van der Waals surface area contributed by atoms with Crippen molar-refractivity contribution in [1.82, 2.24) is 10.2 Å². The summed E-state index contributed by atoms with van der Waals surface area (Å²) in [6, 6.07) is 0.230. The highest BCUT2D eigenvalue weighted by Crippen LogP contribution is 2.11. The van der Waals surface area contributed by atoms with Crippen LogP contribution in [0.25, 0.3) is 0 Å². The maximum Gasteiger partial charge on any atom is 0.237 e. The summed E-state index contributed by atoms with van der Waals surface area (Å²) in [6.45, 7) is 3.68. The van der Waals surface area contributed by atoms with Gasteiger partial charge in [0.15, 0.2) is 0 Å². The number of thioether (sulfide) groups is 1. The van der Waals surface area contributed by atoms with E-state index >= 15 is 0 Å². The zero-order valence-corrected chi connectivity index (χ0v) is 13.0. The van der Waals surface area contributed by atoms with Crippen molar-refractivity contribution in [2.45, 2.75) is 32.2 Å². The number of nitrogens with two attached hydrogens (primary N) is 1. The second-order valence-corrected chi connectivity index (χ2v) is 5.72. The molecule has 0 aromatic heterocycles. The number of carbonyl (C=O) groups excluding carboxylic acids is 2. The molecular formula is C12H24ClN3O2S. The van der Waals surface area contributed by atoms with E-state index in [0.717, 1.165) is 30.9 Å². The molecule has 0 aliphatic carbocycles. The van der Waals surface area contributed by atoms with E-state index < -0.39 is 5.91 Å². The summed E-state index contributed by atoms with van der Waals surface area (Å²) in [6.07, 6.45) is 2.37. The Morgan fingerprint density at radius 3 is 2.74 bits per heavy atom. The second kappa shape index (κ2) is 10.3. The third-order valence-corrected chi connectivity index (χ3v) is 4.03. The van der Waals surface area contributed by atoms with Gasteiger partial charge in [-0.15, -0.1) is 12.4 Å². The maximum absolute atomic E-state index is 12.1. The van der Waals surface area contributed by atoms with Gasteiger partial charge in [0, 0.05) is 37.1 Å². The number of primary amides is 1. The molecule has 3 N–H and O–H groups in total. The van der Waals surface area contributed by atoms with Crippen LogP contribution in [0, 0.1) is 0 Å². The first kappa shape index (κ1) is 18.5. The van der Waals surface area contributed by atoms with Crippen LogP contribution >= 0.6 is 24.2 Å². The van der Waals surface area contributed by atoms with Gasteiger partial charge in [0.05, 0.1) is 6.54 Å². The van der Waals surface area contributed by atoms with Gasteiger partial charge in [-0.25, -0.2) is 0 Å². The fourth-order valence-corrected chi connectivity index (χ4v) is 2.87. The Hall–Kier alpha value is -0.460. The molecule has 112 valence electrons. The monoisotopic (exact) mass is 309 g/mol. The SMILES string of the molecule is CCCCN(CC(N)=O)C(=O)CC1CSCCN1.Cl. The van der Waals surface area contributed by atoms with Gasteiger partial charge in [-0.05, 0) is 6.42 Å². The first-order valence-corrected chi connectivity index (χ1v) is 7.66. The molecule has 0 spiro atoms. The van der Waals surface area contributed by atoms with Gasteiger partial charge >= 0.3 is 0 Å². The lowest BCUT2D eigenvalue weighted by Gasteiger charge is -2.26. The zero-order valence-electron chi connectivity index (χ0n) is 11.4. The number of nitrogens with zero attached hydrogens (tertiary/aromatic N) is 1. The maximum atomic E-state index is 12.1. The molecule has 1 saturated heterocycles. The van der Waals surface area contributed by atoms with Gasteiger partial charge < -0.3 is 16.0 Å². The highest BCUT2D eigenvalue weighted by molar-refractivity contribution is 7.99. The Kier molecular flexibility index (Phi) is 10.1. The van der Waals surface area contributed by atoms with Crippen LogP contribution in [-0.2, 0) is 9.59 Å². The van der Waals surface area contributed by atoms with E-state index in [2.05, 4.69) is 12.2 Å². The van der Waals surface area contributed by atoms with E-state index in [9.17, 15) is 9.59 Å². The lowest BCUT2D eigenvalue weighted by molar-refractivity contribution is -0.135. The molecule has 0 radical (unpaired) electrons. The summed E-state index contributed by atoms with van der Waals surface area (Å²) in [5.74, 6) is 1.66. The lowest BCUT2D eigenvalue weighted by Crippen LogP contribution is -2.45. The van der Waals surface area contributed by atoms with Crippen molar-refractivity contribution in [3.63, 3.8) is 0 Å². The van der Waals surface area contributed by atoms with Crippen LogP contribution in [0.2, 0.25) is 0 Å². The molecule has 7 heteroatoms. The zero-order chi connectivity index (χ0) is 13.4. The minimum Gasteiger partial charge on any atom is -0.368 e. The molecule has 19 heavy (non-hydrogen) atoms. The Labute approximate surface area is 125 Å². The van der Waals surface area contributed by atoms with Crippen LogP contribution in [0.5, 0.6) is 0 Å². The highest BCUT2D eigenvalue weighted by Gasteiger charge is 2.21. The molecule has 1 unspecified atom stereocenters. The summed E-state index contributed by atoms with van der Waals surface area (Å²) in [4.78, 5) is 24.7. The molecule has 1 heterocycles. The van der Waals surface area contributed by atoms with Gasteiger partial charge in [-0.3, -0.25) is 9.59 Å². The minimum absolute atomic E-state index is 0. The van der Waals surface area contributed by atoms with Gasteiger partial charge in [0.1, 0.15) is 0 Å². The predicted molar refractivity (Wildman–Crippen MR) is 81.7 cm³/mol. The topological polar surface area (TPSA) is 75.4 Å². The summed E-state index contributed by atoms with van der Waals surface area (Å²) >= 11 is 1.86. The molecule has 2 amide bonds. The van der Waals surface area contributed by atoms with Gasteiger partial charge in [0.25, 0.3) is 0 Å². The lowest BCUT2D eigenvalue weighted by atomic mass is 10.2. The van der Waals surface area contributed by atoms with Crippen molar-refractivity contribution in [3.05, 3.63) is 0 Å². The van der Waals surface area contributed by atoms with Crippen molar-refractivity contribution in [2.75, 3.05) is 31.1 Å². The standard InChI is InChI=1S/C12H23N3O2S.ClH/c1-2-3-5-15(8-11(13)16)12(17)7-10-9-18-6-4-14-10;/h10,14H,2-9H2,1H3,(H2,13,16);1H. The Bertz CT molecular complexity index is 286. The molecular weight excluding hydrogens is 286 g/mol. The molecule has 0 aromatic carbocycles. The molecule has 5 nitrogen and oxygen atoms in total. The summed E-state index contributed by atoms with van der Waals surface area (Å²) < 4.78 is 0. The molecule has 0 bridgehead atoms. The van der Waals surface area contributed by atoms with Crippen LogP contribution in [0.4, 0.5) is 0 Å². The van der Waals surface area contributed by atoms with Gasteiger partial charge in [-0.1, -0.05) is 13.3 Å². The first-order valence-electron chi connectivity index (χ1n) is 6.50. The third-order valence-electron chi connectivity index (χ3n) is 2.90. The van der Waals surface area contributed by atoms with Crippen LogP contribution in [0.3, 0.4) is 0 Å². The molecule has 1 aliphatic rings. The van der Waals surface area contributed by atoms with Crippen LogP contribution < -0.4 is 11.1 Å². The normalized spacial score (nSPS) is 18.5. The average molecular weight is 310 g/mol. The highest BCUT2D eigenvalue weighted by atomic mass is 35.5. The molecule has 1 atom stereocenters.